The topological polar surface area (TPSA) is 191 Å². The van der Waals surface area contributed by atoms with Crippen molar-refractivity contribution in [3.05, 3.63) is 94.1 Å². The maximum atomic E-state index is 13.6. The number of nitrogens with zero attached hydrogens (tertiary/aromatic N) is 9. The first-order chi connectivity index (χ1) is 25.0. The summed E-state index contributed by atoms with van der Waals surface area (Å²) in [5.74, 6) is -0.828. The lowest BCUT2D eigenvalue weighted by Crippen LogP contribution is -2.26. The van der Waals surface area contributed by atoms with Gasteiger partial charge in [0.2, 0.25) is 17.5 Å². The summed E-state index contributed by atoms with van der Waals surface area (Å²) < 4.78 is 14.3. The number of hydrogen-bond donors (Lipinski definition) is 2. The second kappa shape index (κ2) is 14.3. The number of hydrogen-bond acceptors (Lipinski definition) is 8. The van der Waals surface area contributed by atoms with Gasteiger partial charge in [-0.15, -0.1) is 0 Å². The number of rotatable bonds is 12. The minimum absolute atomic E-state index is 0.236. The Balaban J connectivity index is 1.41. The van der Waals surface area contributed by atoms with Gasteiger partial charge in [0.05, 0.1) is 35.0 Å². The molecule has 52 heavy (non-hydrogen) atoms. The summed E-state index contributed by atoms with van der Waals surface area (Å²) >= 11 is 0. The van der Waals surface area contributed by atoms with E-state index < -0.39 is 11.8 Å². The Morgan fingerprint density at radius 1 is 0.904 bits per heavy atom. The molecule has 0 aliphatic carbocycles. The Kier molecular flexibility index (Phi) is 9.72. The van der Waals surface area contributed by atoms with Crippen LogP contribution in [0.3, 0.4) is 0 Å². The van der Waals surface area contributed by atoms with Gasteiger partial charge in [0.15, 0.2) is 0 Å². The highest BCUT2D eigenvalue weighted by Gasteiger charge is 2.21. The smallest absolute Gasteiger partial charge is 0.298 e. The van der Waals surface area contributed by atoms with E-state index in [4.69, 9.17) is 10.5 Å². The number of allylic oxidation sites excluding steroid dienone is 2. The molecule has 3 amide bonds. The molecule has 0 radical (unpaired) electrons. The predicted octanol–water partition coefficient (Wildman–Crippen LogP) is 3.55. The second-order valence-electron chi connectivity index (χ2n) is 12.1. The molecule has 0 saturated heterocycles. The van der Waals surface area contributed by atoms with Gasteiger partial charge in [-0.1, -0.05) is 12.2 Å². The molecular formula is C36H39N11O5. The van der Waals surface area contributed by atoms with Crippen molar-refractivity contribution in [1.82, 2.24) is 38.2 Å². The molecule has 0 unspecified atom stereocenters. The summed E-state index contributed by atoms with van der Waals surface area (Å²) in [5, 5.41) is 11.7. The maximum absolute atomic E-state index is 13.6. The number of aryl methyl sites for hydroxylation is 5. The Bertz CT molecular complexity index is 2490. The summed E-state index contributed by atoms with van der Waals surface area (Å²) in [6, 6.07) is 11.7. The number of methoxy groups -OCH3 is 1. The van der Waals surface area contributed by atoms with Crippen molar-refractivity contribution in [2.75, 3.05) is 12.4 Å². The Labute approximate surface area is 297 Å². The highest BCUT2D eigenvalue weighted by atomic mass is 16.5. The average Bonchev–Trinajstić information content (AvgIpc) is 3.88. The van der Waals surface area contributed by atoms with Crippen molar-refractivity contribution in [1.29, 1.82) is 0 Å². The molecule has 4 aromatic heterocycles. The Morgan fingerprint density at radius 3 is 2.19 bits per heavy atom. The van der Waals surface area contributed by atoms with E-state index in [1.807, 2.05) is 49.0 Å². The first kappa shape index (κ1) is 35.3. The van der Waals surface area contributed by atoms with Crippen LogP contribution in [0.5, 0.6) is 5.75 Å². The Hall–Kier alpha value is -6.58. The average molecular weight is 706 g/mol. The van der Waals surface area contributed by atoms with Gasteiger partial charge in [-0.2, -0.15) is 15.2 Å². The van der Waals surface area contributed by atoms with Gasteiger partial charge in [-0.25, -0.2) is 4.98 Å². The predicted molar refractivity (Wildman–Crippen MR) is 193 cm³/mol. The first-order valence-corrected chi connectivity index (χ1v) is 16.6. The summed E-state index contributed by atoms with van der Waals surface area (Å²) in [6.07, 6.45) is 4.52. The fourth-order valence-electron chi connectivity index (χ4n) is 6.22. The number of imidazole rings is 2. The van der Waals surface area contributed by atoms with Crippen LogP contribution >= 0.6 is 0 Å². The maximum Gasteiger partial charge on any atom is 0.298 e. The van der Waals surface area contributed by atoms with Crippen molar-refractivity contribution in [2.45, 2.75) is 53.9 Å². The molecule has 6 rings (SSSR count). The zero-order chi connectivity index (χ0) is 37.3. The molecule has 2 aromatic carbocycles. The normalized spacial score (nSPS) is 12.0. The standard InChI is InChI=1S/C36H39N11O5/c1-7-46-28(15-21(3)41-46)33(50)39-35-38-25-17-23(20-48)11-12-26(25)44(35)13-9-10-14-45-31-27(18-24(32(37)49)19-30(31)52-6)43(5)36(45)40-34(51)29-16-22(4)42-47(29)8-2/h9-12,15-20H,7-8,13-14H2,1-6H3,(H2,37,49)(H,38,39,50)/b10-9+,40-36+. The van der Waals surface area contributed by atoms with E-state index in [2.05, 4.69) is 25.5 Å². The van der Waals surface area contributed by atoms with E-state index in [0.717, 1.165) is 6.29 Å². The lowest BCUT2D eigenvalue weighted by molar-refractivity contribution is 0.0981. The minimum Gasteiger partial charge on any atom is -0.494 e. The molecule has 16 nitrogen and oxygen atoms in total. The van der Waals surface area contributed by atoms with E-state index in [1.54, 1.807) is 63.4 Å². The van der Waals surface area contributed by atoms with Gasteiger partial charge in [0, 0.05) is 44.4 Å². The van der Waals surface area contributed by atoms with E-state index in [1.165, 1.54) is 7.11 Å². The number of carbonyl (C=O) groups excluding carboxylic acids is 4. The van der Waals surface area contributed by atoms with E-state index in [-0.39, 0.29) is 30.5 Å². The Morgan fingerprint density at radius 2 is 1.56 bits per heavy atom. The molecule has 16 heteroatoms. The summed E-state index contributed by atoms with van der Waals surface area (Å²) in [4.78, 5) is 59.9. The van der Waals surface area contributed by atoms with E-state index in [0.29, 0.717) is 74.9 Å². The number of nitrogens with one attached hydrogen (secondary N) is 1. The lowest BCUT2D eigenvalue weighted by atomic mass is 10.1. The van der Waals surface area contributed by atoms with Crippen LogP contribution in [-0.2, 0) is 33.2 Å². The summed E-state index contributed by atoms with van der Waals surface area (Å²) in [5.41, 5.74) is 11.2. The molecule has 0 fully saturated rings. The third kappa shape index (κ3) is 6.53. The molecule has 3 N–H and O–H groups in total. The number of carbonyl (C=O) groups is 4. The van der Waals surface area contributed by atoms with E-state index in [9.17, 15) is 19.2 Å². The van der Waals surface area contributed by atoms with Gasteiger partial charge in [0.25, 0.3) is 11.8 Å². The lowest BCUT2D eigenvalue weighted by Gasteiger charge is -2.10. The second-order valence-corrected chi connectivity index (χ2v) is 12.1. The monoisotopic (exact) mass is 705 g/mol. The van der Waals surface area contributed by atoms with Crippen LogP contribution in [0.1, 0.15) is 66.9 Å². The molecule has 268 valence electrons. The van der Waals surface area contributed by atoms with Gasteiger partial charge in [-0.3, -0.25) is 33.9 Å². The number of aldehydes is 1. The molecule has 0 spiro atoms. The van der Waals surface area contributed by atoms with Crippen LogP contribution in [0.4, 0.5) is 5.95 Å². The van der Waals surface area contributed by atoms with Crippen LogP contribution in [0, 0.1) is 13.8 Å². The van der Waals surface area contributed by atoms with Crippen molar-refractivity contribution < 1.29 is 23.9 Å². The molecule has 0 bridgehead atoms. The van der Waals surface area contributed by atoms with E-state index >= 15 is 0 Å². The molecule has 0 aliphatic heterocycles. The number of fused-ring (bicyclic) bond motifs is 2. The summed E-state index contributed by atoms with van der Waals surface area (Å²) in [6.45, 7) is 8.95. The van der Waals surface area contributed by atoms with Gasteiger partial charge in [0.1, 0.15) is 28.9 Å². The molecule has 4 heterocycles. The number of primary amides is 1. The quantitative estimate of drug-likeness (QED) is 0.143. The third-order valence-corrected chi connectivity index (χ3v) is 8.66. The van der Waals surface area contributed by atoms with Crippen LogP contribution in [0.25, 0.3) is 22.1 Å². The molecule has 0 saturated carbocycles. The first-order valence-electron chi connectivity index (χ1n) is 16.6. The SMILES string of the molecule is CCn1nc(C)cc1C(=O)/N=c1\n(C)c2cc(C(N)=O)cc(OC)c2n1C/C=C/Cn1c(NC(=O)c2cc(C)nn2CC)nc2cc(C=O)ccc21. The van der Waals surface area contributed by atoms with Crippen LogP contribution in [-0.4, -0.2) is 69.4 Å². The van der Waals surface area contributed by atoms with Crippen LogP contribution < -0.4 is 21.4 Å². The molecule has 0 aliphatic rings. The minimum atomic E-state index is -0.630. The third-order valence-electron chi connectivity index (χ3n) is 8.66. The zero-order valence-corrected chi connectivity index (χ0v) is 29.7. The molecule has 0 atom stereocenters. The number of amides is 3. The van der Waals surface area contributed by atoms with Gasteiger partial charge < -0.3 is 24.2 Å². The highest BCUT2D eigenvalue weighted by molar-refractivity contribution is 6.03. The van der Waals surface area contributed by atoms with Crippen molar-refractivity contribution >= 4 is 52.0 Å². The van der Waals surface area contributed by atoms with Crippen LogP contribution in [0.2, 0.25) is 0 Å². The van der Waals surface area contributed by atoms with Crippen molar-refractivity contribution in [3.63, 3.8) is 0 Å². The number of aromatic nitrogens is 8. The zero-order valence-electron chi connectivity index (χ0n) is 29.7. The number of nitrogens with two attached hydrogens (primary N) is 1. The highest BCUT2D eigenvalue weighted by Crippen LogP contribution is 2.27. The van der Waals surface area contributed by atoms with Gasteiger partial charge >= 0.3 is 0 Å². The summed E-state index contributed by atoms with van der Waals surface area (Å²) in [7, 11) is 3.23. The fourth-order valence-corrected chi connectivity index (χ4v) is 6.22. The fraction of sp³-hybridized carbons (Fsp3) is 0.278. The number of benzene rings is 2. The number of ether oxygens (including phenoxy) is 1. The molecule has 6 aromatic rings. The largest absolute Gasteiger partial charge is 0.494 e. The van der Waals surface area contributed by atoms with Crippen LogP contribution in [0.15, 0.2) is 59.6 Å². The van der Waals surface area contributed by atoms with Crippen molar-refractivity contribution in [2.24, 2.45) is 17.8 Å². The number of anilines is 1. The van der Waals surface area contributed by atoms with Crippen molar-refractivity contribution in [3.8, 4) is 5.75 Å². The van der Waals surface area contributed by atoms with Gasteiger partial charge in [-0.05, 0) is 70.2 Å². The molecular weight excluding hydrogens is 666 g/mol.